The van der Waals surface area contributed by atoms with Crippen molar-refractivity contribution in [3.63, 3.8) is 0 Å². The number of pyridine rings is 1. The second-order valence-corrected chi connectivity index (χ2v) is 13.3. The average Bonchev–Trinajstić information content (AvgIpc) is 2.93. The van der Waals surface area contributed by atoms with Gasteiger partial charge in [-0.25, -0.2) is 14.8 Å². The number of carbonyl (C=O) groups excluding carboxylic acids is 2. The number of fused-ring (bicyclic) bond motifs is 2. The highest BCUT2D eigenvalue weighted by atomic mass is 35.5. The van der Waals surface area contributed by atoms with Crippen molar-refractivity contribution in [2.24, 2.45) is 0 Å². The number of carbonyl (C=O) groups is 2. The third-order valence-corrected chi connectivity index (χ3v) is 8.96. The molecule has 1 fully saturated rings. The van der Waals surface area contributed by atoms with E-state index in [2.05, 4.69) is 9.88 Å². The van der Waals surface area contributed by atoms with E-state index in [9.17, 15) is 14.4 Å². The van der Waals surface area contributed by atoms with Crippen LogP contribution in [0.15, 0.2) is 40.2 Å². The van der Waals surface area contributed by atoms with Crippen LogP contribution in [0.4, 0.5) is 10.6 Å². The number of amides is 2. The van der Waals surface area contributed by atoms with Crippen LogP contribution in [0.3, 0.4) is 0 Å². The molecule has 0 bridgehead atoms. The van der Waals surface area contributed by atoms with E-state index < -0.39 is 11.7 Å². The van der Waals surface area contributed by atoms with Crippen LogP contribution in [0.5, 0.6) is 0 Å². The molecule has 0 unspecified atom stereocenters. The Bertz CT molecular complexity index is 1560. The summed E-state index contributed by atoms with van der Waals surface area (Å²) < 4.78 is 7.59. The van der Waals surface area contributed by atoms with Crippen molar-refractivity contribution in [1.29, 1.82) is 0 Å². The molecule has 0 N–H and O–H groups in total. The first-order chi connectivity index (χ1) is 19.9. The number of likely N-dealkylation sites (tertiary alicyclic amines) is 1. The van der Waals surface area contributed by atoms with Crippen molar-refractivity contribution in [2.45, 2.75) is 70.2 Å². The number of hydrogen-bond acceptors (Lipinski definition) is 8. The van der Waals surface area contributed by atoms with E-state index in [-0.39, 0.29) is 24.1 Å². The molecular formula is C30H37ClN6O4S. The number of anilines is 1. The Balaban J connectivity index is 1.30. The number of aromatic nitrogens is 3. The zero-order valence-corrected chi connectivity index (χ0v) is 26.3. The highest BCUT2D eigenvalue weighted by Gasteiger charge is 2.33. The zero-order valence-electron chi connectivity index (χ0n) is 24.7. The molecule has 0 aliphatic carbocycles. The lowest BCUT2D eigenvalue weighted by molar-refractivity contribution is -0.116. The van der Waals surface area contributed by atoms with Gasteiger partial charge in [0.25, 0.3) is 5.56 Å². The van der Waals surface area contributed by atoms with Gasteiger partial charge in [0.2, 0.25) is 5.91 Å². The molecule has 10 nitrogen and oxygen atoms in total. The van der Waals surface area contributed by atoms with Gasteiger partial charge in [-0.2, -0.15) is 0 Å². The Morgan fingerprint density at radius 2 is 1.90 bits per heavy atom. The number of rotatable bonds is 6. The van der Waals surface area contributed by atoms with E-state index in [1.807, 2.05) is 52.0 Å². The van der Waals surface area contributed by atoms with Crippen molar-refractivity contribution in [3.05, 3.63) is 57.1 Å². The number of piperidine rings is 1. The van der Waals surface area contributed by atoms with Crippen LogP contribution in [0.2, 0.25) is 5.02 Å². The zero-order chi connectivity index (χ0) is 30.2. The summed E-state index contributed by atoms with van der Waals surface area (Å²) in [5.74, 6) is 0.875. The van der Waals surface area contributed by atoms with Crippen molar-refractivity contribution in [2.75, 3.05) is 37.3 Å². The first kappa shape index (κ1) is 30.3. The van der Waals surface area contributed by atoms with Crippen LogP contribution in [0.1, 0.15) is 44.9 Å². The Morgan fingerprint density at radius 1 is 1.17 bits per heavy atom. The van der Waals surface area contributed by atoms with Crippen LogP contribution >= 0.6 is 23.4 Å². The molecule has 1 saturated heterocycles. The normalized spacial score (nSPS) is 16.5. The minimum atomic E-state index is -0.661. The first-order valence-corrected chi connectivity index (χ1v) is 15.5. The number of aryl methyl sites for hydroxylation is 1. The fourth-order valence-corrected chi connectivity index (χ4v) is 6.60. The summed E-state index contributed by atoms with van der Waals surface area (Å²) in [5, 5.41) is 0.459. The highest BCUT2D eigenvalue weighted by Crippen LogP contribution is 2.36. The molecule has 0 spiro atoms. The molecule has 0 atom stereocenters. The predicted octanol–water partition coefficient (Wildman–Crippen LogP) is 4.72. The Kier molecular flexibility index (Phi) is 8.82. The maximum atomic E-state index is 13.5. The van der Waals surface area contributed by atoms with E-state index in [4.69, 9.17) is 21.3 Å². The smallest absolute Gasteiger partial charge is 0.410 e. The minimum Gasteiger partial charge on any atom is -0.444 e. The molecule has 5 rings (SSSR count). The van der Waals surface area contributed by atoms with Gasteiger partial charge in [0.05, 0.1) is 45.1 Å². The minimum absolute atomic E-state index is 0.0261. The molecule has 12 heteroatoms. The second kappa shape index (κ2) is 12.2. The van der Waals surface area contributed by atoms with Crippen molar-refractivity contribution in [3.8, 4) is 0 Å². The van der Waals surface area contributed by atoms with Crippen molar-refractivity contribution >= 4 is 52.2 Å². The fourth-order valence-electron chi connectivity index (χ4n) is 5.33. The van der Waals surface area contributed by atoms with Gasteiger partial charge in [-0.3, -0.25) is 19.4 Å². The van der Waals surface area contributed by atoms with Crippen LogP contribution in [0.25, 0.3) is 11.0 Å². The molecule has 3 aromatic rings. The van der Waals surface area contributed by atoms with Crippen molar-refractivity contribution < 1.29 is 14.3 Å². The summed E-state index contributed by atoms with van der Waals surface area (Å²) in [5.41, 5.74) is 2.48. The van der Waals surface area contributed by atoms with Gasteiger partial charge in [-0.15, -0.1) is 11.8 Å². The molecule has 4 heterocycles. The first-order valence-electron chi connectivity index (χ1n) is 14.2. The molecule has 42 heavy (non-hydrogen) atoms. The highest BCUT2D eigenvalue weighted by molar-refractivity contribution is 8.00. The van der Waals surface area contributed by atoms with Crippen LogP contribution in [-0.4, -0.2) is 80.4 Å². The molecule has 224 valence electrons. The summed E-state index contributed by atoms with van der Waals surface area (Å²) in [4.78, 5) is 53.9. The third-order valence-electron chi connectivity index (χ3n) is 7.63. The average molecular weight is 613 g/mol. The third kappa shape index (κ3) is 6.74. The van der Waals surface area contributed by atoms with E-state index >= 15 is 0 Å². The maximum Gasteiger partial charge on any atom is 0.410 e. The van der Waals surface area contributed by atoms with Crippen LogP contribution in [-0.2, 0) is 22.6 Å². The van der Waals surface area contributed by atoms with Gasteiger partial charge in [-0.1, -0.05) is 17.7 Å². The number of nitrogens with zero attached hydrogens (tertiary/aromatic N) is 6. The summed E-state index contributed by atoms with van der Waals surface area (Å²) in [6.45, 7) is 10.5. The summed E-state index contributed by atoms with van der Waals surface area (Å²) >= 11 is 8.07. The quantitative estimate of drug-likeness (QED) is 0.394. The summed E-state index contributed by atoms with van der Waals surface area (Å²) in [7, 11) is 1.71. The van der Waals surface area contributed by atoms with Crippen molar-refractivity contribution in [1.82, 2.24) is 24.3 Å². The SMILES string of the molecule is Cc1ccc2ncc(=O)n(CCN3CCC(N(Cc4nc5c(cc4Cl)SCC(=O)N5C)C(=O)OC(C)(C)C)CC3)c2c1. The van der Waals surface area contributed by atoms with Gasteiger partial charge >= 0.3 is 6.09 Å². The lowest BCUT2D eigenvalue weighted by Gasteiger charge is -2.39. The lowest BCUT2D eigenvalue weighted by atomic mass is 10.0. The largest absolute Gasteiger partial charge is 0.444 e. The van der Waals surface area contributed by atoms with Gasteiger partial charge in [0.1, 0.15) is 11.4 Å². The molecular weight excluding hydrogens is 576 g/mol. The van der Waals surface area contributed by atoms with Gasteiger partial charge in [0, 0.05) is 39.3 Å². The molecule has 0 saturated carbocycles. The molecule has 2 aliphatic rings. The second-order valence-electron chi connectivity index (χ2n) is 11.9. The number of hydrogen-bond donors (Lipinski definition) is 0. The molecule has 0 radical (unpaired) electrons. The fraction of sp³-hybridized carbons (Fsp3) is 0.500. The number of halogens is 1. The predicted molar refractivity (Wildman–Crippen MR) is 165 cm³/mol. The van der Waals surface area contributed by atoms with Crippen LogP contribution in [0, 0.1) is 6.92 Å². The molecule has 2 aliphatic heterocycles. The van der Waals surface area contributed by atoms with E-state index in [1.54, 1.807) is 21.4 Å². The Hall–Kier alpha value is -3.15. The molecule has 2 amide bonds. The summed E-state index contributed by atoms with van der Waals surface area (Å²) in [6.07, 6.45) is 2.44. The number of ether oxygens (including phenoxy) is 1. The topological polar surface area (TPSA) is 101 Å². The Morgan fingerprint density at radius 3 is 2.62 bits per heavy atom. The number of benzene rings is 1. The van der Waals surface area contributed by atoms with Gasteiger partial charge in [0.15, 0.2) is 0 Å². The number of thioether (sulfide) groups is 1. The van der Waals surface area contributed by atoms with E-state index in [0.29, 0.717) is 35.4 Å². The Labute approximate surface area is 255 Å². The molecule has 2 aromatic heterocycles. The summed E-state index contributed by atoms with van der Waals surface area (Å²) in [6, 6.07) is 7.69. The van der Waals surface area contributed by atoms with Gasteiger partial charge < -0.3 is 14.2 Å². The van der Waals surface area contributed by atoms with E-state index in [1.165, 1.54) is 18.0 Å². The van der Waals surface area contributed by atoms with Gasteiger partial charge in [-0.05, 0) is 64.3 Å². The monoisotopic (exact) mass is 612 g/mol. The molecule has 1 aromatic carbocycles. The van der Waals surface area contributed by atoms with E-state index in [0.717, 1.165) is 47.4 Å². The van der Waals surface area contributed by atoms with Crippen LogP contribution < -0.4 is 10.5 Å². The maximum absolute atomic E-state index is 13.5. The lowest BCUT2D eigenvalue weighted by Crippen LogP contribution is -2.49. The standard InChI is InChI=1S/C30H37ClN6O4S/c1-19-6-7-22-24(14-19)36(26(38)16-32-22)13-12-35-10-8-20(9-11-35)37(29(40)41-30(2,3)4)17-23-21(31)15-25-28(33-23)34(5)27(39)18-42-25/h6-7,14-16,20H,8-13,17-18H2,1-5H3.